The smallest absolute Gasteiger partial charge is 0.315 e. The summed E-state index contributed by atoms with van der Waals surface area (Å²) in [6.07, 6.45) is 1.39. The number of aromatic hydroxyl groups is 1. The summed E-state index contributed by atoms with van der Waals surface area (Å²) in [5.74, 6) is -1.15. The third kappa shape index (κ3) is 4.85. The molecule has 12 heteroatoms. The molecule has 0 unspecified atom stereocenters. The van der Waals surface area contributed by atoms with Crippen LogP contribution >= 0.6 is 34.5 Å². The fraction of sp³-hybridized carbons (Fsp3) is 0.0556. The summed E-state index contributed by atoms with van der Waals surface area (Å²) >= 11 is 13.0. The van der Waals surface area contributed by atoms with Crippen LogP contribution in [0.1, 0.15) is 20.4 Å². The molecule has 0 bridgehead atoms. The lowest BCUT2D eigenvalue weighted by molar-refractivity contribution is -0.386. The van der Waals surface area contributed by atoms with Gasteiger partial charge in [-0.15, -0.1) is 10.2 Å². The highest BCUT2D eigenvalue weighted by Gasteiger charge is 2.20. The number of nitrogens with one attached hydrogen (secondary N) is 1. The predicted molar refractivity (Wildman–Crippen MR) is 114 cm³/mol. The van der Waals surface area contributed by atoms with E-state index in [0.29, 0.717) is 16.3 Å². The fourth-order valence-corrected chi connectivity index (χ4v) is 3.38. The highest BCUT2D eigenvalue weighted by atomic mass is 35.5. The summed E-state index contributed by atoms with van der Waals surface area (Å²) in [6.45, 7) is 0. The van der Waals surface area contributed by atoms with Crippen LogP contribution in [0.5, 0.6) is 11.5 Å². The number of rotatable bonds is 6. The number of hydrogen-bond donors (Lipinski definition) is 2. The van der Waals surface area contributed by atoms with E-state index >= 15 is 0 Å². The minimum Gasteiger partial charge on any atom is -0.500 e. The maximum absolute atomic E-state index is 12.3. The highest BCUT2D eigenvalue weighted by Crippen LogP contribution is 2.38. The van der Waals surface area contributed by atoms with Crippen molar-refractivity contribution >= 4 is 62.9 Å². The molecule has 0 saturated carbocycles. The Morgan fingerprint density at radius 3 is 2.57 bits per heavy atom. The van der Waals surface area contributed by atoms with E-state index in [9.17, 15) is 20.0 Å². The minimum absolute atomic E-state index is 0.0702. The zero-order chi connectivity index (χ0) is 21.8. The normalized spacial score (nSPS) is 11.2. The molecule has 3 rings (SSSR count). The van der Waals surface area contributed by atoms with Gasteiger partial charge in [0.15, 0.2) is 10.8 Å². The van der Waals surface area contributed by atoms with E-state index in [1.54, 1.807) is 24.3 Å². The van der Waals surface area contributed by atoms with E-state index in [4.69, 9.17) is 27.9 Å². The topological polar surface area (TPSA) is 127 Å². The Labute approximate surface area is 183 Å². The molecule has 0 saturated heterocycles. The fourth-order valence-electron chi connectivity index (χ4n) is 2.33. The molecule has 0 spiro atoms. The van der Waals surface area contributed by atoms with Crippen molar-refractivity contribution in [2.24, 2.45) is 0 Å². The van der Waals surface area contributed by atoms with Gasteiger partial charge in [-0.05, 0) is 42.0 Å². The number of phenols is 1. The van der Waals surface area contributed by atoms with Gasteiger partial charge in [0.25, 0.3) is 5.91 Å². The van der Waals surface area contributed by atoms with Crippen LogP contribution in [-0.4, -0.2) is 33.2 Å². The van der Waals surface area contributed by atoms with Gasteiger partial charge >= 0.3 is 5.69 Å². The van der Waals surface area contributed by atoms with Crippen molar-refractivity contribution in [2.45, 2.75) is 0 Å². The Balaban J connectivity index is 1.83. The summed E-state index contributed by atoms with van der Waals surface area (Å²) in [6, 6.07) is 9.05. The van der Waals surface area contributed by atoms with Gasteiger partial charge in [0.1, 0.15) is 0 Å². The van der Waals surface area contributed by atoms with Gasteiger partial charge in [0, 0.05) is 16.8 Å². The molecule has 0 aliphatic heterocycles. The van der Waals surface area contributed by atoms with Crippen LogP contribution < -0.4 is 10.1 Å². The van der Waals surface area contributed by atoms with Crippen molar-refractivity contribution in [3.05, 3.63) is 67.1 Å². The molecule has 0 aliphatic carbocycles. The molecule has 154 valence electrons. The summed E-state index contributed by atoms with van der Waals surface area (Å²) < 4.78 is 4.95. The summed E-state index contributed by atoms with van der Waals surface area (Å²) in [4.78, 5) is 22.7. The summed E-state index contributed by atoms with van der Waals surface area (Å²) in [7, 11) is 1.27. The lowest BCUT2D eigenvalue weighted by Crippen LogP contribution is -2.11. The van der Waals surface area contributed by atoms with E-state index < -0.39 is 22.3 Å². The molecule has 0 fully saturated rings. The predicted octanol–water partition coefficient (Wildman–Crippen LogP) is 4.80. The Morgan fingerprint density at radius 2 is 1.93 bits per heavy atom. The number of hydrogen-bond acceptors (Lipinski definition) is 8. The van der Waals surface area contributed by atoms with Crippen molar-refractivity contribution < 1.29 is 19.6 Å². The Morgan fingerprint density at radius 1 is 1.27 bits per heavy atom. The number of halogens is 2. The maximum atomic E-state index is 12.3. The molecule has 0 atom stereocenters. The van der Waals surface area contributed by atoms with Gasteiger partial charge in [-0.3, -0.25) is 14.9 Å². The van der Waals surface area contributed by atoms with E-state index in [0.717, 1.165) is 17.4 Å². The van der Waals surface area contributed by atoms with Gasteiger partial charge in [-0.25, -0.2) is 0 Å². The van der Waals surface area contributed by atoms with Crippen LogP contribution in [0.25, 0.3) is 11.1 Å². The second-order valence-corrected chi connectivity index (χ2v) is 7.53. The quantitative estimate of drug-likeness (QED) is 0.394. The zero-order valence-electron chi connectivity index (χ0n) is 15.1. The first kappa shape index (κ1) is 21.5. The summed E-state index contributed by atoms with van der Waals surface area (Å²) in [5, 5.41) is 32.2. The van der Waals surface area contributed by atoms with E-state index in [1.807, 2.05) is 0 Å². The maximum Gasteiger partial charge on any atom is 0.315 e. The lowest BCUT2D eigenvalue weighted by Gasteiger charge is -2.05. The molecule has 30 heavy (non-hydrogen) atoms. The lowest BCUT2D eigenvalue weighted by atomic mass is 10.1. The Kier molecular flexibility index (Phi) is 6.50. The van der Waals surface area contributed by atoms with Gasteiger partial charge in [0.05, 0.1) is 17.1 Å². The number of methoxy groups -OCH3 is 1. The number of nitro benzene ring substituents is 1. The highest BCUT2D eigenvalue weighted by molar-refractivity contribution is 7.15. The third-order valence-corrected chi connectivity index (χ3v) is 5.32. The standard InChI is InChI=1S/C18H12Cl2N4O5S/c1-29-14-8-9(7-13(15(14)25)24(27)28)6-12(20)17-22-23-18(30-17)16(26)21-11-4-2-10(19)3-5-11/h2-8,25H,1H3,(H,21,26)/b12-6-. The first-order valence-corrected chi connectivity index (χ1v) is 9.69. The van der Waals surface area contributed by atoms with Gasteiger partial charge in [-0.1, -0.05) is 34.5 Å². The largest absolute Gasteiger partial charge is 0.500 e. The summed E-state index contributed by atoms with van der Waals surface area (Å²) in [5.41, 5.74) is 0.292. The van der Waals surface area contributed by atoms with Crippen LogP contribution in [0, 0.1) is 10.1 Å². The second-order valence-electron chi connectivity index (χ2n) is 5.71. The molecule has 0 aliphatic rings. The number of carbonyl (C=O) groups is 1. The zero-order valence-corrected chi connectivity index (χ0v) is 17.5. The van der Waals surface area contributed by atoms with Crippen molar-refractivity contribution in [2.75, 3.05) is 12.4 Å². The number of phenolic OH excluding ortho intramolecular Hbond substituents is 1. The average molecular weight is 467 g/mol. The van der Waals surface area contributed by atoms with Crippen LogP contribution in [0.3, 0.4) is 0 Å². The minimum atomic E-state index is -0.743. The molecule has 1 amide bonds. The molecule has 1 heterocycles. The number of carbonyl (C=O) groups excluding carboxylic acids is 1. The molecular formula is C18H12Cl2N4O5S. The van der Waals surface area contributed by atoms with Crippen LogP contribution in [0.2, 0.25) is 5.02 Å². The van der Waals surface area contributed by atoms with Gasteiger partial charge < -0.3 is 15.2 Å². The first-order valence-electron chi connectivity index (χ1n) is 8.12. The number of ether oxygens (including phenoxy) is 1. The van der Waals surface area contributed by atoms with E-state index in [1.165, 1.54) is 19.3 Å². The van der Waals surface area contributed by atoms with Crippen LogP contribution in [0.4, 0.5) is 11.4 Å². The molecule has 2 aromatic carbocycles. The monoisotopic (exact) mass is 466 g/mol. The average Bonchev–Trinajstić information content (AvgIpc) is 3.21. The number of benzene rings is 2. The molecule has 9 nitrogen and oxygen atoms in total. The van der Waals surface area contributed by atoms with E-state index in [2.05, 4.69) is 15.5 Å². The van der Waals surface area contributed by atoms with Crippen LogP contribution in [-0.2, 0) is 0 Å². The van der Waals surface area contributed by atoms with Crippen molar-refractivity contribution in [3.8, 4) is 11.5 Å². The van der Waals surface area contributed by atoms with Crippen molar-refractivity contribution in [1.29, 1.82) is 0 Å². The van der Waals surface area contributed by atoms with Crippen molar-refractivity contribution in [3.63, 3.8) is 0 Å². The third-order valence-electron chi connectivity index (χ3n) is 3.71. The number of amides is 1. The molecule has 3 aromatic rings. The van der Waals surface area contributed by atoms with Gasteiger partial charge in [-0.2, -0.15) is 0 Å². The first-order chi connectivity index (χ1) is 14.3. The molecular weight excluding hydrogens is 455 g/mol. The Hall–Kier alpha value is -3.21. The SMILES string of the molecule is COc1cc(/C=C(\Cl)c2nnc(C(=O)Nc3ccc(Cl)cc3)s2)cc([N+](=O)[O-])c1O. The second kappa shape index (κ2) is 9.08. The number of aromatic nitrogens is 2. The van der Waals surface area contributed by atoms with Crippen LogP contribution in [0.15, 0.2) is 36.4 Å². The number of nitro groups is 1. The van der Waals surface area contributed by atoms with E-state index in [-0.39, 0.29) is 20.8 Å². The Bertz CT molecular complexity index is 1150. The molecule has 0 radical (unpaired) electrons. The number of anilines is 1. The van der Waals surface area contributed by atoms with Gasteiger partial charge in [0.2, 0.25) is 10.8 Å². The van der Waals surface area contributed by atoms with Crippen molar-refractivity contribution in [1.82, 2.24) is 10.2 Å². The molecule has 1 aromatic heterocycles. The number of nitrogens with zero attached hydrogens (tertiary/aromatic N) is 3. The molecule has 2 N–H and O–H groups in total.